The highest BCUT2D eigenvalue weighted by Crippen LogP contribution is 2.35. The summed E-state index contributed by atoms with van der Waals surface area (Å²) >= 11 is 0. The molecule has 0 heterocycles. The third-order valence-electron chi connectivity index (χ3n) is 4.65. The minimum atomic E-state index is -4.06. The van der Waals surface area contributed by atoms with Crippen molar-refractivity contribution in [2.75, 3.05) is 38.2 Å². The molecule has 0 saturated heterocycles. The smallest absolute Gasteiger partial charge is 0.264 e. The van der Waals surface area contributed by atoms with Crippen LogP contribution in [0.5, 0.6) is 11.5 Å². The van der Waals surface area contributed by atoms with Crippen molar-refractivity contribution >= 4 is 21.6 Å². The van der Waals surface area contributed by atoms with E-state index in [1.807, 2.05) is 20.8 Å². The van der Waals surface area contributed by atoms with Crippen LogP contribution in [0.2, 0.25) is 0 Å². The van der Waals surface area contributed by atoms with Crippen molar-refractivity contribution in [3.8, 4) is 11.5 Å². The quantitative estimate of drug-likeness (QED) is 0.485. The Hall–Kier alpha value is -2.78. The molecule has 0 spiro atoms. The fourth-order valence-electron chi connectivity index (χ4n) is 2.93. The summed E-state index contributed by atoms with van der Waals surface area (Å²) in [7, 11) is -1.13. The van der Waals surface area contributed by atoms with E-state index in [1.165, 1.54) is 32.4 Å². The number of ether oxygens (including phenoxy) is 3. The van der Waals surface area contributed by atoms with E-state index >= 15 is 0 Å². The van der Waals surface area contributed by atoms with Crippen LogP contribution >= 0.6 is 0 Å². The lowest BCUT2D eigenvalue weighted by molar-refractivity contribution is -0.119. The Kier molecular flexibility index (Phi) is 9.34. The summed E-state index contributed by atoms with van der Waals surface area (Å²) in [5.74, 6) is 0.311. The Labute approximate surface area is 190 Å². The van der Waals surface area contributed by atoms with Crippen LogP contribution < -0.4 is 19.1 Å². The molecule has 0 fully saturated rings. The number of amides is 1. The fourth-order valence-corrected chi connectivity index (χ4v) is 4.36. The second kappa shape index (κ2) is 11.7. The van der Waals surface area contributed by atoms with E-state index in [-0.39, 0.29) is 16.7 Å². The molecule has 0 aliphatic rings. The first kappa shape index (κ1) is 25.5. The second-order valence-corrected chi connectivity index (χ2v) is 9.35. The van der Waals surface area contributed by atoms with Gasteiger partial charge in [-0.1, -0.05) is 17.7 Å². The largest absolute Gasteiger partial charge is 0.497 e. The van der Waals surface area contributed by atoms with Crippen LogP contribution in [-0.4, -0.2) is 54.3 Å². The predicted molar refractivity (Wildman–Crippen MR) is 124 cm³/mol. The van der Waals surface area contributed by atoms with Gasteiger partial charge in [-0.2, -0.15) is 0 Å². The molecule has 2 rings (SSSR count). The Balaban J connectivity index is 2.34. The molecule has 0 radical (unpaired) electrons. The maximum absolute atomic E-state index is 13.5. The van der Waals surface area contributed by atoms with Gasteiger partial charge in [-0.25, -0.2) is 8.42 Å². The lowest BCUT2D eigenvalue weighted by Gasteiger charge is -2.26. The molecular formula is C23H32N2O6S. The second-order valence-electron chi connectivity index (χ2n) is 7.49. The zero-order chi connectivity index (χ0) is 23.7. The molecule has 0 atom stereocenters. The molecule has 0 aliphatic heterocycles. The molecule has 0 saturated carbocycles. The van der Waals surface area contributed by atoms with Gasteiger partial charge in [-0.15, -0.1) is 0 Å². The summed E-state index contributed by atoms with van der Waals surface area (Å²) in [6.45, 7) is 6.22. The highest BCUT2D eigenvalue weighted by molar-refractivity contribution is 7.92. The average Bonchev–Trinajstić information content (AvgIpc) is 2.76. The number of carbonyl (C=O) groups is 1. The molecule has 1 amide bonds. The van der Waals surface area contributed by atoms with Crippen LogP contribution in [0.25, 0.3) is 0 Å². The monoisotopic (exact) mass is 464 g/mol. The van der Waals surface area contributed by atoms with Gasteiger partial charge in [-0.3, -0.25) is 9.10 Å². The number of nitrogens with zero attached hydrogens (tertiary/aromatic N) is 1. The summed E-state index contributed by atoms with van der Waals surface area (Å²) in [5, 5.41) is 2.76. The highest BCUT2D eigenvalue weighted by Gasteiger charge is 2.29. The summed E-state index contributed by atoms with van der Waals surface area (Å²) < 4.78 is 44.2. The first-order valence-corrected chi connectivity index (χ1v) is 11.8. The fraction of sp³-hybridized carbons (Fsp3) is 0.435. The zero-order valence-corrected chi connectivity index (χ0v) is 20.1. The number of aryl methyl sites for hydroxylation is 1. The molecule has 0 aromatic heterocycles. The Bertz CT molecular complexity index is 990. The summed E-state index contributed by atoms with van der Waals surface area (Å²) in [6, 6.07) is 11.3. The van der Waals surface area contributed by atoms with E-state index in [2.05, 4.69) is 5.32 Å². The molecule has 8 nitrogen and oxygen atoms in total. The lowest BCUT2D eigenvalue weighted by atomic mass is 10.2. The topological polar surface area (TPSA) is 94.2 Å². The molecule has 32 heavy (non-hydrogen) atoms. The van der Waals surface area contributed by atoms with Gasteiger partial charge in [0.2, 0.25) is 5.91 Å². The van der Waals surface area contributed by atoms with Gasteiger partial charge >= 0.3 is 0 Å². The van der Waals surface area contributed by atoms with E-state index in [1.54, 1.807) is 24.3 Å². The van der Waals surface area contributed by atoms with Gasteiger partial charge in [0.1, 0.15) is 18.0 Å². The standard InChI is InChI=1S/C23H32N2O6S/c1-17(2)31-14-6-13-24-23(26)16-25(21-15-19(29-4)9-12-22(21)30-5)32(27,28)20-10-7-18(3)8-11-20/h7-12,15,17H,6,13-14,16H2,1-5H3,(H,24,26). The van der Waals surface area contributed by atoms with Gasteiger partial charge in [0.15, 0.2) is 0 Å². The van der Waals surface area contributed by atoms with Crippen LogP contribution in [0.3, 0.4) is 0 Å². The maximum atomic E-state index is 13.5. The number of rotatable bonds is 12. The zero-order valence-electron chi connectivity index (χ0n) is 19.3. The Morgan fingerprint density at radius 2 is 1.75 bits per heavy atom. The normalized spacial score (nSPS) is 11.3. The van der Waals surface area contributed by atoms with Gasteiger partial charge in [-0.05, 0) is 51.5 Å². The molecule has 0 bridgehead atoms. The molecule has 1 N–H and O–H groups in total. The van der Waals surface area contributed by atoms with Gasteiger partial charge in [0, 0.05) is 19.2 Å². The number of sulfonamides is 1. The SMILES string of the molecule is COc1ccc(OC)c(N(CC(=O)NCCCOC(C)C)S(=O)(=O)c2ccc(C)cc2)c1. The minimum absolute atomic E-state index is 0.0751. The van der Waals surface area contributed by atoms with E-state index in [4.69, 9.17) is 14.2 Å². The van der Waals surface area contributed by atoms with Gasteiger partial charge in [0.25, 0.3) is 10.0 Å². The number of hydrogen-bond donors (Lipinski definition) is 1. The molecule has 2 aromatic rings. The van der Waals surface area contributed by atoms with E-state index in [9.17, 15) is 13.2 Å². The predicted octanol–water partition coefficient (Wildman–Crippen LogP) is 3.14. The van der Waals surface area contributed by atoms with Crippen molar-refractivity contribution in [1.29, 1.82) is 0 Å². The van der Waals surface area contributed by atoms with Gasteiger partial charge < -0.3 is 19.5 Å². The van der Waals surface area contributed by atoms with Crippen molar-refractivity contribution < 1.29 is 27.4 Å². The summed E-state index contributed by atoms with van der Waals surface area (Å²) in [4.78, 5) is 12.8. The van der Waals surface area contributed by atoms with Crippen LogP contribution in [0, 0.1) is 6.92 Å². The van der Waals surface area contributed by atoms with E-state index in [0.717, 1.165) is 9.87 Å². The summed E-state index contributed by atoms with van der Waals surface area (Å²) in [5.41, 5.74) is 1.14. The Morgan fingerprint density at radius 1 is 1.06 bits per heavy atom. The minimum Gasteiger partial charge on any atom is -0.497 e. The van der Waals surface area contributed by atoms with Crippen LogP contribution in [-0.2, 0) is 19.6 Å². The first-order chi connectivity index (χ1) is 15.2. The molecule has 2 aromatic carbocycles. The number of carbonyl (C=O) groups excluding carboxylic acids is 1. The highest BCUT2D eigenvalue weighted by atomic mass is 32.2. The van der Waals surface area contributed by atoms with Crippen molar-refractivity contribution in [3.05, 3.63) is 48.0 Å². The van der Waals surface area contributed by atoms with Crippen molar-refractivity contribution in [2.45, 2.75) is 38.2 Å². The van der Waals surface area contributed by atoms with Crippen molar-refractivity contribution in [1.82, 2.24) is 5.32 Å². The van der Waals surface area contributed by atoms with Crippen molar-refractivity contribution in [3.63, 3.8) is 0 Å². The molecular weight excluding hydrogens is 432 g/mol. The number of benzene rings is 2. The maximum Gasteiger partial charge on any atom is 0.264 e. The average molecular weight is 465 g/mol. The molecule has 176 valence electrons. The summed E-state index contributed by atoms with van der Waals surface area (Å²) in [6.07, 6.45) is 0.735. The first-order valence-electron chi connectivity index (χ1n) is 10.4. The van der Waals surface area contributed by atoms with E-state index in [0.29, 0.717) is 31.1 Å². The van der Waals surface area contributed by atoms with Crippen molar-refractivity contribution in [2.24, 2.45) is 0 Å². The Morgan fingerprint density at radius 3 is 2.34 bits per heavy atom. The third-order valence-corrected chi connectivity index (χ3v) is 6.42. The number of hydrogen-bond acceptors (Lipinski definition) is 6. The number of methoxy groups -OCH3 is 2. The van der Waals surface area contributed by atoms with E-state index < -0.39 is 22.5 Å². The lowest BCUT2D eigenvalue weighted by Crippen LogP contribution is -2.41. The van der Waals surface area contributed by atoms with Crippen LogP contribution in [0.4, 0.5) is 5.69 Å². The molecule has 0 unspecified atom stereocenters. The third kappa shape index (κ3) is 6.86. The van der Waals surface area contributed by atoms with Crippen LogP contribution in [0.15, 0.2) is 47.4 Å². The van der Waals surface area contributed by atoms with Gasteiger partial charge in [0.05, 0.1) is 30.9 Å². The number of anilines is 1. The molecule has 9 heteroatoms. The molecule has 0 aliphatic carbocycles. The number of nitrogens with one attached hydrogen (secondary N) is 1. The van der Waals surface area contributed by atoms with Crippen LogP contribution in [0.1, 0.15) is 25.8 Å².